The summed E-state index contributed by atoms with van der Waals surface area (Å²) in [6, 6.07) is 0. The molecule has 1 N–H and O–H groups in total. The van der Waals surface area contributed by atoms with Crippen LogP contribution in [0.25, 0.3) is 0 Å². The molecular formula is C13H16O3. The zero-order valence-electron chi connectivity index (χ0n) is 9.56. The van der Waals surface area contributed by atoms with Gasteiger partial charge in [0.05, 0.1) is 0 Å². The van der Waals surface area contributed by atoms with E-state index in [0.29, 0.717) is 24.4 Å². The van der Waals surface area contributed by atoms with Gasteiger partial charge >= 0.3 is 0 Å². The maximum atomic E-state index is 11.5. The zero-order valence-corrected chi connectivity index (χ0v) is 9.56. The van der Waals surface area contributed by atoms with Crippen molar-refractivity contribution in [3.05, 3.63) is 35.3 Å². The van der Waals surface area contributed by atoms with E-state index in [4.69, 9.17) is 4.74 Å². The molecule has 1 heterocycles. The lowest BCUT2D eigenvalue weighted by Crippen LogP contribution is -2.25. The first-order valence-corrected chi connectivity index (χ1v) is 5.58. The van der Waals surface area contributed by atoms with Crippen molar-refractivity contribution in [2.75, 3.05) is 0 Å². The summed E-state index contributed by atoms with van der Waals surface area (Å²) in [4.78, 5) is 11.5. The van der Waals surface area contributed by atoms with E-state index in [1.807, 2.05) is 26.0 Å². The molecule has 0 radical (unpaired) electrons. The lowest BCUT2D eigenvalue weighted by molar-refractivity contribution is -0.118. The van der Waals surface area contributed by atoms with Crippen LogP contribution in [0, 0.1) is 5.92 Å². The van der Waals surface area contributed by atoms with Gasteiger partial charge in [0, 0.05) is 24.0 Å². The minimum Gasteiger partial charge on any atom is -0.512 e. The quantitative estimate of drug-likeness (QED) is 0.691. The van der Waals surface area contributed by atoms with Crippen LogP contribution in [-0.4, -0.2) is 17.0 Å². The van der Waals surface area contributed by atoms with Crippen molar-refractivity contribution in [2.45, 2.75) is 32.8 Å². The number of rotatable bonds is 1. The molecule has 0 spiro atoms. The summed E-state index contributed by atoms with van der Waals surface area (Å²) in [6.07, 6.45) is 6.21. The van der Waals surface area contributed by atoms with Crippen molar-refractivity contribution < 1.29 is 14.6 Å². The Balaban J connectivity index is 2.32. The van der Waals surface area contributed by atoms with Gasteiger partial charge in [-0.05, 0) is 19.4 Å². The molecule has 3 heteroatoms. The lowest BCUT2D eigenvalue weighted by atomic mass is 9.87. The predicted molar refractivity (Wildman–Crippen MR) is 60.8 cm³/mol. The lowest BCUT2D eigenvalue weighted by Gasteiger charge is -2.30. The van der Waals surface area contributed by atoms with E-state index >= 15 is 0 Å². The van der Waals surface area contributed by atoms with Gasteiger partial charge in [-0.25, -0.2) is 0 Å². The van der Waals surface area contributed by atoms with Crippen molar-refractivity contribution in [1.82, 2.24) is 0 Å². The molecule has 1 aliphatic carbocycles. The summed E-state index contributed by atoms with van der Waals surface area (Å²) < 4.78 is 5.66. The van der Waals surface area contributed by atoms with Crippen molar-refractivity contribution in [3.63, 3.8) is 0 Å². The van der Waals surface area contributed by atoms with Crippen LogP contribution in [0.1, 0.15) is 26.7 Å². The van der Waals surface area contributed by atoms with Gasteiger partial charge in [0.2, 0.25) is 0 Å². The van der Waals surface area contributed by atoms with Crippen LogP contribution in [0.2, 0.25) is 0 Å². The molecule has 0 fully saturated rings. The molecule has 2 atom stereocenters. The molecule has 2 unspecified atom stereocenters. The number of allylic oxidation sites excluding steroid dienone is 3. The fourth-order valence-electron chi connectivity index (χ4n) is 2.07. The first-order chi connectivity index (χ1) is 7.61. The van der Waals surface area contributed by atoms with Crippen LogP contribution < -0.4 is 0 Å². The highest BCUT2D eigenvalue weighted by atomic mass is 16.5. The smallest absolute Gasteiger partial charge is 0.162 e. The van der Waals surface area contributed by atoms with Crippen LogP contribution in [0.4, 0.5) is 0 Å². The Morgan fingerprint density at radius 1 is 1.50 bits per heavy atom. The molecule has 3 nitrogen and oxygen atoms in total. The average molecular weight is 220 g/mol. The first kappa shape index (κ1) is 11.0. The number of aliphatic hydroxyl groups excluding tert-OH is 1. The Morgan fingerprint density at radius 3 is 2.94 bits per heavy atom. The molecule has 0 saturated carbocycles. The monoisotopic (exact) mass is 220 g/mol. The number of aliphatic hydroxyl groups is 1. The van der Waals surface area contributed by atoms with Gasteiger partial charge in [-0.3, -0.25) is 4.79 Å². The van der Waals surface area contributed by atoms with E-state index in [9.17, 15) is 9.90 Å². The van der Waals surface area contributed by atoms with E-state index in [2.05, 4.69) is 0 Å². The van der Waals surface area contributed by atoms with Gasteiger partial charge in [-0.15, -0.1) is 0 Å². The largest absolute Gasteiger partial charge is 0.512 e. The van der Waals surface area contributed by atoms with E-state index in [0.717, 1.165) is 5.57 Å². The van der Waals surface area contributed by atoms with Crippen LogP contribution in [0.15, 0.2) is 35.3 Å². The van der Waals surface area contributed by atoms with E-state index in [1.165, 1.54) is 6.08 Å². The molecule has 16 heavy (non-hydrogen) atoms. The summed E-state index contributed by atoms with van der Waals surface area (Å²) in [5, 5.41) is 9.92. The number of carbonyl (C=O) groups is 1. The summed E-state index contributed by atoms with van der Waals surface area (Å²) >= 11 is 0. The summed E-state index contributed by atoms with van der Waals surface area (Å²) in [7, 11) is 0. The van der Waals surface area contributed by atoms with E-state index in [-0.39, 0.29) is 17.8 Å². The Morgan fingerprint density at radius 2 is 2.25 bits per heavy atom. The molecule has 0 aromatic heterocycles. The van der Waals surface area contributed by atoms with Crippen molar-refractivity contribution in [1.29, 1.82) is 0 Å². The molecule has 1 aliphatic heterocycles. The summed E-state index contributed by atoms with van der Waals surface area (Å²) in [5.74, 6) is 0.936. The second-order valence-electron chi connectivity index (χ2n) is 4.33. The fraction of sp³-hybridized carbons (Fsp3) is 0.462. The number of hydrogen-bond acceptors (Lipinski definition) is 3. The van der Waals surface area contributed by atoms with E-state index < -0.39 is 0 Å². The van der Waals surface area contributed by atoms with Gasteiger partial charge in [0.15, 0.2) is 5.78 Å². The second kappa shape index (κ2) is 4.16. The molecule has 0 aromatic carbocycles. The maximum absolute atomic E-state index is 11.5. The molecule has 86 valence electrons. The fourth-order valence-corrected chi connectivity index (χ4v) is 2.07. The third-order valence-corrected chi connectivity index (χ3v) is 3.00. The summed E-state index contributed by atoms with van der Waals surface area (Å²) in [6.45, 7) is 3.77. The minimum atomic E-state index is -0.152. The van der Waals surface area contributed by atoms with Crippen molar-refractivity contribution >= 4 is 5.78 Å². The maximum Gasteiger partial charge on any atom is 0.162 e. The Labute approximate surface area is 95.1 Å². The number of hydrogen-bond donors (Lipinski definition) is 1. The Bertz CT molecular complexity index is 401. The SMILES string of the molecule is C/C=C/C1CC(O)=C2CC(C)C(=O)C=C2O1. The Kier molecular flexibility index (Phi) is 2.86. The molecule has 0 saturated heterocycles. The van der Waals surface area contributed by atoms with Gasteiger partial charge in [0.25, 0.3) is 0 Å². The van der Waals surface area contributed by atoms with Crippen molar-refractivity contribution in [2.24, 2.45) is 5.92 Å². The highest BCUT2D eigenvalue weighted by molar-refractivity contribution is 5.94. The highest BCUT2D eigenvalue weighted by Gasteiger charge is 2.31. The first-order valence-electron chi connectivity index (χ1n) is 5.58. The van der Waals surface area contributed by atoms with E-state index in [1.54, 1.807) is 0 Å². The third kappa shape index (κ3) is 1.90. The van der Waals surface area contributed by atoms with Crippen LogP contribution >= 0.6 is 0 Å². The standard InChI is InChI=1S/C13H16O3/c1-3-4-9-6-12(15)10-5-8(2)11(14)7-13(10)16-9/h3-4,7-9,15H,5-6H2,1-2H3/b4-3+. The van der Waals surface area contributed by atoms with Gasteiger partial charge < -0.3 is 9.84 Å². The van der Waals surface area contributed by atoms with Gasteiger partial charge in [-0.2, -0.15) is 0 Å². The zero-order chi connectivity index (χ0) is 11.7. The second-order valence-corrected chi connectivity index (χ2v) is 4.33. The van der Waals surface area contributed by atoms with Crippen molar-refractivity contribution in [3.8, 4) is 0 Å². The molecule has 0 bridgehead atoms. The highest BCUT2D eigenvalue weighted by Crippen LogP contribution is 2.35. The Hall–Kier alpha value is -1.51. The molecule has 0 amide bonds. The molecular weight excluding hydrogens is 204 g/mol. The number of ether oxygens (including phenoxy) is 1. The van der Waals surface area contributed by atoms with Crippen LogP contribution in [-0.2, 0) is 9.53 Å². The summed E-state index contributed by atoms with van der Waals surface area (Å²) in [5.41, 5.74) is 0.799. The topological polar surface area (TPSA) is 46.5 Å². The third-order valence-electron chi connectivity index (χ3n) is 3.00. The molecule has 2 rings (SSSR count). The van der Waals surface area contributed by atoms with Gasteiger partial charge in [0.1, 0.15) is 17.6 Å². The number of ketones is 1. The van der Waals surface area contributed by atoms with Crippen LogP contribution in [0.5, 0.6) is 0 Å². The number of carbonyl (C=O) groups excluding carboxylic acids is 1. The van der Waals surface area contributed by atoms with Gasteiger partial charge in [-0.1, -0.05) is 13.0 Å². The minimum absolute atomic E-state index is 0.0530. The molecule has 0 aromatic rings. The predicted octanol–water partition coefficient (Wildman–Crippen LogP) is 2.66. The average Bonchev–Trinajstić information content (AvgIpc) is 2.22. The normalized spacial score (nSPS) is 30.1. The van der Waals surface area contributed by atoms with Crippen LogP contribution in [0.3, 0.4) is 0 Å². The number of fused-ring (bicyclic) bond motifs is 1. The molecule has 2 aliphatic rings.